The van der Waals surface area contributed by atoms with Crippen molar-refractivity contribution in [1.29, 1.82) is 0 Å². The molecule has 1 amide bonds. The summed E-state index contributed by atoms with van der Waals surface area (Å²) in [6.07, 6.45) is 1.23. The molecule has 0 saturated heterocycles. The molecule has 134 valence electrons. The number of nitrogens with zero attached hydrogens (tertiary/aromatic N) is 2. The number of hydrogen-bond donors (Lipinski definition) is 4. The van der Waals surface area contributed by atoms with Crippen LogP contribution in [0.1, 0.15) is 32.3 Å². The Hall–Kier alpha value is -3.35. The van der Waals surface area contributed by atoms with Crippen LogP contribution in [0.15, 0.2) is 47.6 Å². The first-order valence-electron chi connectivity index (χ1n) is 8.45. The third kappa shape index (κ3) is 4.00. The molecule has 0 bridgehead atoms. The van der Waals surface area contributed by atoms with Gasteiger partial charge in [0.15, 0.2) is 0 Å². The number of nitrogens with one attached hydrogen (secondary N) is 3. The summed E-state index contributed by atoms with van der Waals surface area (Å²) in [5.41, 5.74) is 6.33. The lowest BCUT2D eigenvalue weighted by Gasteiger charge is -2.09. The second-order valence-corrected chi connectivity index (χ2v) is 5.94. The van der Waals surface area contributed by atoms with E-state index in [0.29, 0.717) is 29.3 Å². The fourth-order valence-corrected chi connectivity index (χ4v) is 2.56. The molecule has 3 aromatic rings. The number of hydrogen-bond acceptors (Lipinski definition) is 5. The number of anilines is 2. The van der Waals surface area contributed by atoms with Crippen LogP contribution in [-0.4, -0.2) is 26.7 Å². The zero-order valence-corrected chi connectivity index (χ0v) is 14.7. The van der Waals surface area contributed by atoms with Crippen molar-refractivity contribution in [3.05, 3.63) is 48.0 Å². The minimum absolute atomic E-state index is 0.0564. The van der Waals surface area contributed by atoms with E-state index in [4.69, 9.17) is 0 Å². The number of phenolic OH excluding ortho intramolecular Hbond substituents is 1. The molecule has 0 unspecified atom stereocenters. The molecule has 0 atom stereocenters. The molecule has 0 saturated carbocycles. The second-order valence-electron chi connectivity index (χ2n) is 5.94. The number of aromatic hydroxyl groups is 1. The van der Waals surface area contributed by atoms with Crippen molar-refractivity contribution >= 4 is 34.3 Å². The SMILES string of the molecule is CCCC(=O)Nc1ccc(O)c(/C(C)=N/Nc2nc3ccccc3[nH]2)c1. The lowest BCUT2D eigenvalue weighted by molar-refractivity contribution is -0.116. The molecule has 0 spiro atoms. The maximum atomic E-state index is 11.7. The van der Waals surface area contributed by atoms with Crippen LogP contribution in [0.3, 0.4) is 0 Å². The number of aromatic amines is 1. The minimum Gasteiger partial charge on any atom is -0.507 e. The molecule has 0 aliphatic heterocycles. The van der Waals surface area contributed by atoms with Gasteiger partial charge >= 0.3 is 0 Å². The molecule has 2 aromatic carbocycles. The summed E-state index contributed by atoms with van der Waals surface area (Å²) >= 11 is 0. The van der Waals surface area contributed by atoms with E-state index in [0.717, 1.165) is 17.5 Å². The number of phenols is 1. The Morgan fingerprint density at radius 1 is 1.27 bits per heavy atom. The largest absolute Gasteiger partial charge is 0.507 e. The van der Waals surface area contributed by atoms with Gasteiger partial charge in [-0.1, -0.05) is 19.1 Å². The van der Waals surface area contributed by atoms with Crippen molar-refractivity contribution in [2.45, 2.75) is 26.7 Å². The lowest BCUT2D eigenvalue weighted by Crippen LogP contribution is -2.11. The number of hydrazone groups is 1. The lowest BCUT2D eigenvalue weighted by atomic mass is 10.1. The van der Waals surface area contributed by atoms with Crippen LogP contribution in [-0.2, 0) is 4.79 Å². The molecule has 0 aliphatic rings. The molecule has 3 rings (SSSR count). The van der Waals surface area contributed by atoms with Crippen molar-refractivity contribution in [2.24, 2.45) is 5.10 Å². The van der Waals surface area contributed by atoms with Gasteiger partial charge in [0.05, 0.1) is 16.7 Å². The Balaban J connectivity index is 1.78. The summed E-state index contributed by atoms with van der Waals surface area (Å²) in [6, 6.07) is 12.6. The normalized spacial score (nSPS) is 11.5. The van der Waals surface area contributed by atoms with Crippen LogP contribution in [0.2, 0.25) is 0 Å². The quantitative estimate of drug-likeness (QED) is 0.308. The van der Waals surface area contributed by atoms with Crippen LogP contribution >= 0.6 is 0 Å². The van der Waals surface area contributed by atoms with Crippen LogP contribution in [0.25, 0.3) is 11.0 Å². The fraction of sp³-hybridized carbons (Fsp3) is 0.211. The van der Waals surface area contributed by atoms with Gasteiger partial charge in [-0.05, 0) is 43.7 Å². The van der Waals surface area contributed by atoms with E-state index in [1.807, 2.05) is 31.2 Å². The Labute approximate surface area is 151 Å². The van der Waals surface area contributed by atoms with Gasteiger partial charge in [-0.3, -0.25) is 4.79 Å². The Kier molecular flexibility index (Phi) is 5.17. The topological polar surface area (TPSA) is 102 Å². The summed E-state index contributed by atoms with van der Waals surface area (Å²) in [6.45, 7) is 3.71. The Bertz CT molecular complexity index is 928. The number of amides is 1. The molecule has 0 fully saturated rings. The number of aromatic nitrogens is 2. The zero-order chi connectivity index (χ0) is 18.5. The van der Waals surface area contributed by atoms with Crippen LogP contribution in [0, 0.1) is 0 Å². The van der Waals surface area contributed by atoms with Gasteiger partial charge < -0.3 is 15.4 Å². The Morgan fingerprint density at radius 3 is 2.85 bits per heavy atom. The maximum absolute atomic E-state index is 11.7. The van der Waals surface area contributed by atoms with Crippen molar-refractivity contribution in [3.8, 4) is 5.75 Å². The third-order valence-corrected chi connectivity index (χ3v) is 3.87. The smallest absolute Gasteiger partial charge is 0.224 e. The van der Waals surface area contributed by atoms with E-state index in [1.165, 1.54) is 6.07 Å². The van der Waals surface area contributed by atoms with Gasteiger partial charge in [0, 0.05) is 17.7 Å². The predicted molar refractivity (Wildman–Crippen MR) is 104 cm³/mol. The van der Waals surface area contributed by atoms with Gasteiger partial charge in [-0.2, -0.15) is 5.10 Å². The summed E-state index contributed by atoms with van der Waals surface area (Å²) in [7, 11) is 0. The summed E-state index contributed by atoms with van der Waals surface area (Å²) < 4.78 is 0. The van der Waals surface area contributed by atoms with Gasteiger partial charge in [0.25, 0.3) is 0 Å². The zero-order valence-electron chi connectivity index (χ0n) is 14.7. The van der Waals surface area contributed by atoms with Crippen LogP contribution in [0.4, 0.5) is 11.6 Å². The predicted octanol–water partition coefficient (Wildman–Crippen LogP) is 3.84. The number of H-pyrrole nitrogens is 1. The van der Waals surface area contributed by atoms with Gasteiger partial charge in [-0.25, -0.2) is 10.4 Å². The highest BCUT2D eigenvalue weighted by Crippen LogP contribution is 2.23. The second kappa shape index (κ2) is 7.69. The molecule has 7 nitrogen and oxygen atoms in total. The molecule has 1 aromatic heterocycles. The highest BCUT2D eigenvalue weighted by atomic mass is 16.3. The third-order valence-electron chi connectivity index (χ3n) is 3.87. The van der Waals surface area contributed by atoms with Crippen molar-refractivity contribution < 1.29 is 9.90 Å². The summed E-state index contributed by atoms with van der Waals surface area (Å²) in [5.74, 6) is 0.544. The van der Waals surface area contributed by atoms with Crippen molar-refractivity contribution in [2.75, 3.05) is 10.7 Å². The number of benzene rings is 2. The van der Waals surface area contributed by atoms with Gasteiger partial charge in [0.1, 0.15) is 5.75 Å². The summed E-state index contributed by atoms with van der Waals surface area (Å²) in [5, 5.41) is 17.2. The van der Waals surface area contributed by atoms with Gasteiger partial charge in [0.2, 0.25) is 11.9 Å². The fourth-order valence-electron chi connectivity index (χ4n) is 2.56. The number of rotatable bonds is 6. The molecule has 26 heavy (non-hydrogen) atoms. The number of fused-ring (bicyclic) bond motifs is 1. The van der Waals surface area contributed by atoms with E-state index in [2.05, 4.69) is 25.8 Å². The minimum atomic E-state index is -0.0564. The highest BCUT2D eigenvalue weighted by Gasteiger charge is 2.09. The van der Waals surface area contributed by atoms with Crippen LogP contribution in [0.5, 0.6) is 5.75 Å². The first-order chi connectivity index (χ1) is 12.6. The molecule has 7 heteroatoms. The molecule has 0 aliphatic carbocycles. The highest BCUT2D eigenvalue weighted by molar-refractivity contribution is 6.03. The van der Waals surface area contributed by atoms with E-state index in [9.17, 15) is 9.90 Å². The van der Waals surface area contributed by atoms with E-state index < -0.39 is 0 Å². The van der Waals surface area contributed by atoms with Crippen molar-refractivity contribution in [1.82, 2.24) is 9.97 Å². The molecular formula is C19H21N5O2. The number of carbonyl (C=O) groups is 1. The first-order valence-corrected chi connectivity index (χ1v) is 8.45. The molecule has 1 heterocycles. The number of para-hydroxylation sites is 2. The monoisotopic (exact) mass is 351 g/mol. The first kappa shape index (κ1) is 17.5. The number of imidazole rings is 1. The number of carbonyl (C=O) groups excluding carboxylic acids is 1. The van der Waals surface area contributed by atoms with E-state index in [-0.39, 0.29) is 11.7 Å². The van der Waals surface area contributed by atoms with Crippen LogP contribution < -0.4 is 10.7 Å². The summed E-state index contributed by atoms with van der Waals surface area (Å²) in [4.78, 5) is 19.3. The Morgan fingerprint density at radius 2 is 2.08 bits per heavy atom. The average molecular weight is 351 g/mol. The molecule has 0 radical (unpaired) electrons. The standard InChI is InChI=1S/C19H21N5O2/c1-3-6-18(26)20-13-9-10-17(25)14(11-13)12(2)23-24-19-21-15-7-4-5-8-16(15)22-19/h4-5,7-11,25H,3,6H2,1-2H3,(H,20,26)(H2,21,22,24)/b23-12+. The molecular weight excluding hydrogens is 330 g/mol. The maximum Gasteiger partial charge on any atom is 0.224 e. The molecule has 4 N–H and O–H groups in total. The van der Waals surface area contributed by atoms with Gasteiger partial charge in [-0.15, -0.1) is 0 Å². The van der Waals surface area contributed by atoms with Crippen molar-refractivity contribution in [3.63, 3.8) is 0 Å². The van der Waals surface area contributed by atoms with E-state index >= 15 is 0 Å². The van der Waals surface area contributed by atoms with E-state index in [1.54, 1.807) is 19.1 Å². The average Bonchev–Trinajstić information content (AvgIpc) is 3.04.